The topological polar surface area (TPSA) is 80.9 Å². The Kier molecular flexibility index (Phi) is 4.28. The minimum absolute atomic E-state index is 0.0802. The molecule has 1 N–H and O–H groups in total. The van der Waals surface area contributed by atoms with Gasteiger partial charge in [-0.05, 0) is 36.4 Å². The van der Waals surface area contributed by atoms with Crippen molar-refractivity contribution in [3.8, 4) is 11.3 Å². The first-order valence-electron chi connectivity index (χ1n) is 7.54. The van der Waals surface area contributed by atoms with Gasteiger partial charge < -0.3 is 4.42 Å². The number of hydrogen-bond donors (Lipinski definition) is 1. The van der Waals surface area contributed by atoms with Gasteiger partial charge in [0.25, 0.3) is 5.91 Å². The second-order valence-corrected chi connectivity index (χ2v) is 6.17. The molecule has 3 heterocycles. The molecule has 0 bridgehead atoms. The molecule has 0 fully saturated rings. The van der Waals surface area contributed by atoms with E-state index >= 15 is 0 Å². The molecule has 0 unspecified atom stereocenters. The SMILES string of the molecule is O=C(Nc1nc2ncccc2o1)c1ccnc(-c2ccc(Cl)c(Cl)c2)c1. The Morgan fingerprint density at radius 2 is 1.88 bits per heavy atom. The number of fused-ring (bicyclic) bond motifs is 1. The molecule has 26 heavy (non-hydrogen) atoms. The molecule has 0 saturated carbocycles. The Morgan fingerprint density at radius 1 is 1.00 bits per heavy atom. The highest BCUT2D eigenvalue weighted by Gasteiger charge is 2.13. The van der Waals surface area contributed by atoms with Crippen molar-refractivity contribution in [2.75, 3.05) is 5.32 Å². The lowest BCUT2D eigenvalue weighted by Crippen LogP contribution is -2.12. The van der Waals surface area contributed by atoms with E-state index in [1.54, 1.807) is 54.9 Å². The number of carbonyl (C=O) groups excluding carboxylic acids is 1. The lowest BCUT2D eigenvalue weighted by Gasteiger charge is -2.05. The first-order chi connectivity index (χ1) is 12.6. The zero-order valence-corrected chi connectivity index (χ0v) is 14.6. The molecule has 4 rings (SSSR count). The molecule has 1 amide bonds. The van der Waals surface area contributed by atoms with E-state index in [1.165, 1.54) is 0 Å². The summed E-state index contributed by atoms with van der Waals surface area (Å²) in [7, 11) is 0. The van der Waals surface area contributed by atoms with Gasteiger partial charge in [0.1, 0.15) is 0 Å². The fraction of sp³-hybridized carbons (Fsp3) is 0. The number of carbonyl (C=O) groups is 1. The Balaban J connectivity index is 1.61. The van der Waals surface area contributed by atoms with Gasteiger partial charge in [0.05, 0.1) is 15.7 Å². The molecule has 0 spiro atoms. The number of aromatic nitrogens is 3. The van der Waals surface area contributed by atoms with Crippen LogP contribution in [0.1, 0.15) is 10.4 Å². The maximum atomic E-state index is 12.5. The first-order valence-corrected chi connectivity index (χ1v) is 8.30. The summed E-state index contributed by atoms with van der Waals surface area (Å²) in [6, 6.07) is 11.9. The van der Waals surface area contributed by atoms with Gasteiger partial charge in [0, 0.05) is 23.5 Å². The minimum Gasteiger partial charge on any atom is -0.421 e. The number of rotatable bonds is 3. The minimum atomic E-state index is -0.375. The standard InChI is InChI=1S/C18H10Cl2N4O2/c19-12-4-3-10(8-13(12)20)14-9-11(5-7-21-14)17(25)24-18-23-16-15(26-18)2-1-6-22-16/h1-9H,(H,22,23,24,25). The highest BCUT2D eigenvalue weighted by molar-refractivity contribution is 6.42. The van der Waals surface area contributed by atoms with Crippen LogP contribution in [0.15, 0.2) is 59.3 Å². The van der Waals surface area contributed by atoms with Crippen molar-refractivity contribution in [2.24, 2.45) is 0 Å². The maximum absolute atomic E-state index is 12.5. The van der Waals surface area contributed by atoms with Gasteiger partial charge in [-0.25, -0.2) is 4.98 Å². The van der Waals surface area contributed by atoms with Gasteiger partial charge in [-0.15, -0.1) is 0 Å². The van der Waals surface area contributed by atoms with Crippen LogP contribution in [0.4, 0.5) is 6.01 Å². The molecule has 0 aliphatic carbocycles. The number of halogens is 2. The number of pyridine rings is 2. The van der Waals surface area contributed by atoms with Crippen LogP contribution in [0.5, 0.6) is 0 Å². The average Bonchev–Trinajstić information content (AvgIpc) is 3.06. The van der Waals surface area contributed by atoms with E-state index < -0.39 is 0 Å². The van der Waals surface area contributed by atoms with Crippen LogP contribution in [0.25, 0.3) is 22.5 Å². The highest BCUT2D eigenvalue weighted by Crippen LogP contribution is 2.28. The van der Waals surface area contributed by atoms with Crippen LogP contribution in [-0.4, -0.2) is 20.9 Å². The van der Waals surface area contributed by atoms with Gasteiger partial charge in [-0.3, -0.25) is 15.1 Å². The zero-order valence-electron chi connectivity index (χ0n) is 13.1. The van der Waals surface area contributed by atoms with Crippen molar-refractivity contribution >= 4 is 46.4 Å². The van der Waals surface area contributed by atoms with Gasteiger partial charge in [-0.1, -0.05) is 29.3 Å². The number of amides is 1. The second kappa shape index (κ2) is 6.74. The maximum Gasteiger partial charge on any atom is 0.304 e. The third kappa shape index (κ3) is 3.24. The Morgan fingerprint density at radius 3 is 2.69 bits per heavy atom. The number of anilines is 1. The normalized spacial score (nSPS) is 10.8. The van der Waals surface area contributed by atoms with E-state index in [-0.39, 0.29) is 11.9 Å². The van der Waals surface area contributed by atoms with E-state index in [0.717, 1.165) is 5.56 Å². The fourth-order valence-corrected chi connectivity index (χ4v) is 2.67. The van der Waals surface area contributed by atoms with Crippen LogP contribution in [0.3, 0.4) is 0 Å². The number of benzene rings is 1. The third-order valence-electron chi connectivity index (χ3n) is 3.62. The van der Waals surface area contributed by atoms with Crippen LogP contribution >= 0.6 is 23.2 Å². The number of oxazole rings is 1. The van der Waals surface area contributed by atoms with E-state index in [0.29, 0.717) is 32.5 Å². The van der Waals surface area contributed by atoms with Gasteiger partial charge >= 0.3 is 6.01 Å². The van der Waals surface area contributed by atoms with Gasteiger partial charge in [0.2, 0.25) is 5.65 Å². The summed E-state index contributed by atoms with van der Waals surface area (Å²) in [6.45, 7) is 0. The molecule has 0 aliphatic heterocycles. The lowest BCUT2D eigenvalue weighted by atomic mass is 10.1. The van der Waals surface area contributed by atoms with Gasteiger partial charge in [0.15, 0.2) is 5.58 Å². The van der Waals surface area contributed by atoms with E-state index in [9.17, 15) is 4.79 Å². The number of hydrogen-bond acceptors (Lipinski definition) is 5. The van der Waals surface area contributed by atoms with E-state index in [1.807, 2.05) is 0 Å². The first kappa shape index (κ1) is 16.5. The molecule has 0 saturated heterocycles. The van der Waals surface area contributed by atoms with Gasteiger partial charge in [-0.2, -0.15) is 4.98 Å². The molecule has 8 heteroatoms. The summed E-state index contributed by atoms with van der Waals surface area (Å²) >= 11 is 12.0. The van der Waals surface area contributed by atoms with Crippen LogP contribution in [0, 0.1) is 0 Å². The number of nitrogens with one attached hydrogen (secondary N) is 1. The molecular formula is C18H10Cl2N4O2. The molecular weight excluding hydrogens is 375 g/mol. The van der Waals surface area contributed by atoms with Crippen LogP contribution in [0.2, 0.25) is 10.0 Å². The van der Waals surface area contributed by atoms with Crippen molar-refractivity contribution in [3.63, 3.8) is 0 Å². The average molecular weight is 385 g/mol. The largest absolute Gasteiger partial charge is 0.421 e. The van der Waals surface area contributed by atoms with E-state index in [2.05, 4.69) is 20.3 Å². The monoisotopic (exact) mass is 384 g/mol. The predicted octanol–water partition coefficient (Wildman–Crippen LogP) is 4.84. The van der Waals surface area contributed by atoms with Crippen molar-refractivity contribution < 1.29 is 9.21 Å². The summed E-state index contributed by atoms with van der Waals surface area (Å²) < 4.78 is 5.45. The second-order valence-electron chi connectivity index (χ2n) is 5.36. The Labute approximate surface area is 157 Å². The van der Waals surface area contributed by atoms with Crippen molar-refractivity contribution in [1.82, 2.24) is 15.0 Å². The molecule has 6 nitrogen and oxygen atoms in total. The summed E-state index contributed by atoms with van der Waals surface area (Å²) in [5, 5.41) is 3.48. The van der Waals surface area contributed by atoms with E-state index in [4.69, 9.17) is 27.6 Å². The van der Waals surface area contributed by atoms with Crippen molar-refractivity contribution in [3.05, 3.63) is 70.5 Å². The highest BCUT2D eigenvalue weighted by atomic mass is 35.5. The number of nitrogens with zero attached hydrogens (tertiary/aromatic N) is 3. The fourth-order valence-electron chi connectivity index (χ4n) is 2.38. The summed E-state index contributed by atoms with van der Waals surface area (Å²) in [5.41, 5.74) is 2.66. The van der Waals surface area contributed by atoms with Crippen LogP contribution < -0.4 is 5.32 Å². The van der Waals surface area contributed by atoms with Crippen LogP contribution in [-0.2, 0) is 0 Å². The quantitative estimate of drug-likeness (QED) is 0.546. The predicted molar refractivity (Wildman–Crippen MR) is 99.5 cm³/mol. The molecule has 1 aromatic carbocycles. The molecule has 3 aromatic heterocycles. The Bertz CT molecular complexity index is 1090. The molecule has 4 aromatic rings. The molecule has 128 valence electrons. The Hall–Kier alpha value is -2.96. The molecule has 0 atom stereocenters. The lowest BCUT2D eigenvalue weighted by molar-refractivity contribution is 0.102. The summed E-state index contributed by atoms with van der Waals surface area (Å²) in [6.07, 6.45) is 3.14. The van der Waals surface area contributed by atoms with Crippen molar-refractivity contribution in [1.29, 1.82) is 0 Å². The zero-order chi connectivity index (χ0) is 18.1. The smallest absolute Gasteiger partial charge is 0.304 e. The summed E-state index contributed by atoms with van der Waals surface area (Å²) in [4.78, 5) is 24.9. The molecule has 0 radical (unpaired) electrons. The summed E-state index contributed by atoms with van der Waals surface area (Å²) in [5.74, 6) is -0.375. The molecule has 0 aliphatic rings. The van der Waals surface area contributed by atoms with Crippen molar-refractivity contribution in [2.45, 2.75) is 0 Å². The third-order valence-corrected chi connectivity index (χ3v) is 4.36.